The third-order valence-electron chi connectivity index (χ3n) is 3.59. The van der Waals surface area contributed by atoms with Crippen molar-refractivity contribution in [3.05, 3.63) is 29.8 Å². The molecule has 3 unspecified atom stereocenters. The van der Waals surface area contributed by atoms with Gasteiger partial charge in [0.05, 0.1) is 0 Å². The van der Waals surface area contributed by atoms with Gasteiger partial charge in [0.15, 0.2) is 11.6 Å². The molecule has 0 saturated heterocycles. The molecule has 0 aromatic heterocycles. The molecule has 21 heavy (non-hydrogen) atoms. The average Bonchev–Trinajstić information content (AvgIpc) is 2.46. The zero-order valence-corrected chi connectivity index (χ0v) is 12.6. The van der Waals surface area contributed by atoms with Gasteiger partial charge in [0, 0.05) is 25.1 Å². The van der Waals surface area contributed by atoms with Gasteiger partial charge in [-0.3, -0.25) is 0 Å². The van der Waals surface area contributed by atoms with Gasteiger partial charge >= 0.3 is 0 Å². The SMILES string of the molecule is CCCNC1CC(Oc2cc(F)ccc2F)C1OCCC. The molecular formula is C16H23F2NO2. The molecule has 1 aliphatic carbocycles. The van der Waals surface area contributed by atoms with E-state index < -0.39 is 11.6 Å². The van der Waals surface area contributed by atoms with E-state index in [4.69, 9.17) is 9.47 Å². The minimum absolute atomic E-state index is 0.0426. The molecule has 3 atom stereocenters. The summed E-state index contributed by atoms with van der Waals surface area (Å²) in [6.07, 6.45) is 2.35. The number of hydrogen-bond acceptors (Lipinski definition) is 3. The first-order valence-electron chi connectivity index (χ1n) is 7.62. The summed E-state index contributed by atoms with van der Waals surface area (Å²) >= 11 is 0. The van der Waals surface area contributed by atoms with Crippen LogP contribution in [0.5, 0.6) is 5.75 Å². The summed E-state index contributed by atoms with van der Waals surface area (Å²) < 4.78 is 38.2. The van der Waals surface area contributed by atoms with Crippen LogP contribution in [0.25, 0.3) is 0 Å². The first-order chi connectivity index (χ1) is 10.2. The van der Waals surface area contributed by atoms with Crippen LogP contribution in [-0.2, 0) is 4.74 Å². The molecule has 118 valence electrons. The number of benzene rings is 1. The fourth-order valence-corrected chi connectivity index (χ4v) is 2.43. The van der Waals surface area contributed by atoms with Gasteiger partial charge in [-0.15, -0.1) is 0 Å². The van der Waals surface area contributed by atoms with E-state index in [2.05, 4.69) is 12.2 Å². The zero-order chi connectivity index (χ0) is 15.2. The maximum atomic E-state index is 13.6. The first kappa shape index (κ1) is 16.2. The predicted molar refractivity (Wildman–Crippen MR) is 77.5 cm³/mol. The smallest absolute Gasteiger partial charge is 0.165 e. The Labute approximate surface area is 124 Å². The molecular weight excluding hydrogens is 276 g/mol. The quantitative estimate of drug-likeness (QED) is 0.799. The predicted octanol–water partition coefficient (Wildman–Crippen LogP) is 3.28. The lowest BCUT2D eigenvalue weighted by Crippen LogP contribution is -2.61. The Morgan fingerprint density at radius 1 is 1.24 bits per heavy atom. The van der Waals surface area contributed by atoms with Gasteiger partial charge in [0.1, 0.15) is 18.0 Å². The molecule has 1 aromatic rings. The number of rotatable bonds is 8. The van der Waals surface area contributed by atoms with Crippen LogP contribution in [0.3, 0.4) is 0 Å². The van der Waals surface area contributed by atoms with Crippen LogP contribution in [0.15, 0.2) is 18.2 Å². The lowest BCUT2D eigenvalue weighted by atomic mass is 9.85. The standard InChI is InChI=1S/C16H23F2NO2/c1-3-7-19-13-10-15(16(13)20-8-4-2)21-14-9-11(17)5-6-12(14)18/h5-6,9,13,15-16,19H,3-4,7-8,10H2,1-2H3. The third-order valence-corrected chi connectivity index (χ3v) is 3.59. The lowest BCUT2D eigenvalue weighted by molar-refractivity contribution is -0.108. The van der Waals surface area contributed by atoms with E-state index >= 15 is 0 Å². The molecule has 0 radical (unpaired) electrons. The molecule has 3 nitrogen and oxygen atoms in total. The highest BCUT2D eigenvalue weighted by molar-refractivity contribution is 5.26. The topological polar surface area (TPSA) is 30.5 Å². The summed E-state index contributed by atoms with van der Waals surface area (Å²) in [5.41, 5.74) is 0. The maximum absolute atomic E-state index is 13.6. The number of nitrogens with one attached hydrogen (secondary N) is 1. The van der Waals surface area contributed by atoms with Crippen molar-refractivity contribution in [2.24, 2.45) is 0 Å². The Kier molecular flexibility index (Phi) is 5.94. The van der Waals surface area contributed by atoms with Crippen molar-refractivity contribution in [3.63, 3.8) is 0 Å². The van der Waals surface area contributed by atoms with Crippen molar-refractivity contribution >= 4 is 0 Å². The molecule has 1 N–H and O–H groups in total. The lowest BCUT2D eigenvalue weighted by Gasteiger charge is -2.44. The molecule has 0 spiro atoms. The second-order valence-corrected chi connectivity index (χ2v) is 5.36. The van der Waals surface area contributed by atoms with Crippen LogP contribution < -0.4 is 10.1 Å². The largest absolute Gasteiger partial charge is 0.484 e. The molecule has 0 amide bonds. The summed E-state index contributed by atoms with van der Waals surface area (Å²) in [6.45, 7) is 5.69. The Morgan fingerprint density at radius 3 is 2.76 bits per heavy atom. The van der Waals surface area contributed by atoms with Crippen LogP contribution in [0.2, 0.25) is 0 Å². The Hall–Kier alpha value is -1.20. The van der Waals surface area contributed by atoms with Crippen LogP contribution in [-0.4, -0.2) is 31.4 Å². The van der Waals surface area contributed by atoms with Crippen LogP contribution >= 0.6 is 0 Å². The summed E-state index contributed by atoms with van der Waals surface area (Å²) in [4.78, 5) is 0. The first-order valence-corrected chi connectivity index (χ1v) is 7.62. The van der Waals surface area contributed by atoms with Gasteiger partial charge in [0.25, 0.3) is 0 Å². The average molecular weight is 299 g/mol. The summed E-state index contributed by atoms with van der Waals surface area (Å²) in [6, 6.07) is 3.47. The Bertz CT molecular complexity index is 456. The van der Waals surface area contributed by atoms with Gasteiger partial charge < -0.3 is 14.8 Å². The maximum Gasteiger partial charge on any atom is 0.165 e. The van der Waals surface area contributed by atoms with Crippen LogP contribution in [0.4, 0.5) is 8.78 Å². The molecule has 0 bridgehead atoms. The monoisotopic (exact) mass is 299 g/mol. The third kappa shape index (κ3) is 4.14. The molecule has 1 aliphatic rings. The number of hydrogen-bond donors (Lipinski definition) is 1. The molecule has 1 aromatic carbocycles. The normalized spacial score (nSPS) is 24.7. The minimum atomic E-state index is -0.546. The number of ether oxygens (including phenoxy) is 2. The van der Waals surface area contributed by atoms with E-state index in [-0.39, 0.29) is 24.0 Å². The van der Waals surface area contributed by atoms with Gasteiger partial charge in [-0.2, -0.15) is 0 Å². The van der Waals surface area contributed by atoms with Gasteiger partial charge in [-0.05, 0) is 31.5 Å². The van der Waals surface area contributed by atoms with Crippen molar-refractivity contribution in [1.82, 2.24) is 5.32 Å². The highest BCUT2D eigenvalue weighted by atomic mass is 19.1. The summed E-state index contributed by atoms with van der Waals surface area (Å²) in [7, 11) is 0. The molecule has 5 heteroatoms. The van der Waals surface area contributed by atoms with E-state index in [1.807, 2.05) is 6.92 Å². The summed E-state index contributed by atoms with van der Waals surface area (Å²) in [5, 5.41) is 3.40. The van der Waals surface area contributed by atoms with Gasteiger partial charge in [0.2, 0.25) is 0 Å². The second kappa shape index (κ2) is 7.71. The molecule has 1 saturated carbocycles. The van der Waals surface area contributed by atoms with E-state index in [9.17, 15) is 8.78 Å². The van der Waals surface area contributed by atoms with Crippen molar-refractivity contribution in [1.29, 1.82) is 0 Å². The minimum Gasteiger partial charge on any atom is -0.484 e. The van der Waals surface area contributed by atoms with E-state index in [1.54, 1.807) is 0 Å². The number of halogens is 2. The molecule has 1 fully saturated rings. The van der Waals surface area contributed by atoms with E-state index in [0.29, 0.717) is 6.61 Å². The summed E-state index contributed by atoms with van der Waals surface area (Å²) in [5.74, 6) is -1.09. The molecule has 2 rings (SSSR count). The van der Waals surface area contributed by atoms with Gasteiger partial charge in [-0.25, -0.2) is 8.78 Å². The van der Waals surface area contributed by atoms with Crippen LogP contribution in [0, 0.1) is 11.6 Å². The van der Waals surface area contributed by atoms with Crippen molar-refractivity contribution in [2.75, 3.05) is 13.2 Å². The Morgan fingerprint density at radius 2 is 2.05 bits per heavy atom. The molecule has 0 aliphatic heterocycles. The highest BCUT2D eigenvalue weighted by Gasteiger charge is 2.43. The fourth-order valence-electron chi connectivity index (χ4n) is 2.43. The van der Waals surface area contributed by atoms with Crippen molar-refractivity contribution in [2.45, 2.75) is 51.4 Å². The van der Waals surface area contributed by atoms with Crippen LogP contribution in [0.1, 0.15) is 33.1 Å². The van der Waals surface area contributed by atoms with Crippen molar-refractivity contribution < 1.29 is 18.3 Å². The fraction of sp³-hybridized carbons (Fsp3) is 0.625. The van der Waals surface area contributed by atoms with Crippen molar-refractivity contribution in [3.8, 4) is 5.75 Å². The Balaban J connectivity index is 1.96. The van der Waals surface area contributed by atoms with Gasteiger partial charge in [-0.1, -0.05) is 13.8 Å². The highest BCUT2D eigenvalue weighted by Crippen LogP contribution is 2.31. The zero-order valence-electron chi connectivity index (χ0n) is 12.6. The van der Waals surface area contributed by atoms with E-state index in [1.165, 1.54) is 0 Å². The second-order valence-electron chi connectivity index (χ2n) is 5.36. The van der Waals surface area contributed by atoms with E-state index in [0.717, 1.165) is 44.0 Å². The molecule has 0 heterocycles.